The van der Waals surface area contributed by atoms with Crippen molar-refractivity contribution in [3.05, 3.63) is 48.0 Å². The number of carbonyl (C=O) groups is 1. The Morgan fingerprint density at radius 2 is 2.00 bits per heavy atom. The molecule has 2 amide bonds. The van der Waals surface area contributed by atoms with Crippen LogP contribution in [0.5, 0.6) is 0 Å². The standard InChI is InChI=1S/C18H24N2O2/c21-12-14-6-9-16(10-14)19-18(22)20-17(15-7-8-15)11-13-4-2-1-3-5-13/h1-6,9,14-17,21H,7-8,10-12H2,(H2,19,20,22)/t14-,16+,17?/m0/s1. The first-order valence-electron chi connectivity index (χ1n) is 8.14. The number of hydrogen-bond donors (Lipinski definition) is 3. The van der Waals surface area contributed by atoms with Crippen molar-refractivity contribution in [3.8, 4) is 0 Å². The van der Waals surface area contributed by atoms with Crippen LogP contribution in [0.2, 0.25) is 0 Å². The smallest absolute Gasteiger partial charge is 0.315 e. The van der Waals surface area contributed by atoms with Crippen molar-refractivity contribution in [2.24, 2.45) is 11.8 Å². The van der Waals surface area contributed by atoms with Crippen LogP contribution in [0.1, 0.15) is 24.8 Å². The lowest BCUT2D eigenvalue weighted by atomic mass is 10.0. The summed E-state index contributed by atoms with van der Waals surface area (Å²) in [6, 6.07) is 10.5. The molecule has 4 nitrogen and oxygen atoms in total. The minimum absolute atomic E-state index is 0.0359. The van der Waals surface area contributed by atoms with Gasteiger partial charge < -0.3 is 15.7 Å². The number of aliphatic hydroxyl groups excluding tert-OH is 1. The highest BCUT2D eigenvalue weighted by molar-refractivity contribution is 5.75. The van der Waals surface area contributed by atoms with E-state index in [1.165, 1.54) is 18.4 Å². The first-order chi connectivity index (χ1) is 10.7. The van der Waals surface area contributed by atoms with E-state index in [9.17, 15) is 4.79 Å². The van der Waals surface area contributed by atoms with E-state index in [2.05, 4.69) is 22.8 Å². The molecule has 118 valence electrons. The van der Waals surface area contributed by atoms with Crippen molar-refractivity contribution in [2.45, 2.75) is 37.8 Å². The highest BCUT2D eigenvalue weighted by Crippen LogP contribution is 2.34. The molecule has 0 radical (unpaired) electrons. The molecule has 1 aromatic rings. The topological polar surface area (TPSA) is 61.4 Å². The third-order valence-electron chi connectivity index (χ3n) is 4.53. The van der Waals surface area contributed by atoms with Crippen LogP contribution >= 0.6 is 0 Å². The maximum absolute atomic E-state index is 12.2. The van der Waals surface area contributed by atoms with Crippen molar-refractivity contribution in [1.82, 2.24) is 10.6 Å². The van der Waals surface area contributed by atoms with Gasteiger partial charge >= 0.3 is 6.03 Å². The van der Waals surface area contributed by atoms with E-state index in [1.807, 2.05) is 30.4 Å². The molecular formula is C18H24N2O2. The second kappa shape index (κ2) is 6.97. The minimum Gasteiger partial charge on any atom is -0.396 e. The molecule has 1 saturated carbocycles. The average Bonchev–Trinajstić information content (AvgIpc) is 3.28. The molecule has 2 aliphatic carbocycles. The minimum atomic E-state index is -0.0962. The third-order valence-corrected chi connectivity index (χ3v) is 4.53. The molecule has 0 saturated heterocycles. The predicted molar refractivity (Wildman–Crippen MR) is 86.4 cm³/mol. The normalized spacial score (nSPS) is 25.0. The Bertz CT molecular complexity index is 525. The Kier molecular flexibility index (Phi) is 4.78. The Labute approximate surface area is 131 Å². The maximum atomic E-state index is 12.2. The molecule has 1 fully saturated rings. The van der Waals surface area contributed by atoms with Crippen LogP contribution in [0.4, 0.5) is 4.79 Å². The van der Waals surface area contributed by atoms with Crippen LogP contribution in [-0.2, 0) is 6.42 Å². The van der Waals surface area contributed by atoms with Gasteiger partial charge in [0.05, 0.1) is 0 Å². The van der Waals surface area contributed by atoms with Crippen LogP contribution < -0.4 is 10.6 Å². The van der Waals surface area contributed by atoms with E-state index in [1.54, 1.807) is 0 Å². The van der Waals surface area contributed by atoms with Crippen LogP contribution in [0.25, 0.3) is 0 Å². The van der Waals surface area contributed by atoms with Gasteiger partial charge in [0.25, 0.3) is 0 Å². The zero-order valence-electron chi connectivity index (χ0n) is 12.7. The molecule has 3 atom stereocenters. The molecule has 22 heavy (non-hydrogen) atoms. The lowest BCUT2D eigenvalue weighted by molar-refractivity contribution is 0.227. The van der Waals surface area contributed by atoms with Gasteiger partial charge in [-0.05, 0) is 37.2 Å². The number of carbonyl (C=O) groups excluding carboxylic acids is 1. The van der Waals surface area contributed by atoms with Gasteiger partial charge in [-0.3, -0.25) is 0 Å². The number of aliphatic hydroxyl groups is 1. The summed E-state index contributed by atoms with van der Waals surface area (Å²) in [4.78, 5) is 12.2. The maximum Gasteiger partial charge on any atom is 0.315 e. The van der Waals surface area contributed by atoms with E-state index in [0.29, 0.717) is 5.92 Å². The van der Waals surface area contributed by atoms with Gasteiger partial charge in [0.1, 0.15) is 0 Å². The van der Waals surface area contributed by atoms with Crippen molar-refractivity contribution in [1.29, 1.82) is 0 Å². The Morgan fingerprint density at radius 1 is 1.23 bits per heavy atom. The van der Waals surface area contributed by atoms with E-state index < -0.39 is 0 Å². The highest BCUT2D eigenvalue weighted by atomic mass is 16.3. The quantitative estimate of drug-likeness (QED) is 0.706. The van der Waals surface area contributed by atoms with E-state index in [-0.39, 0.29) is 30.6 Å². The number of hydrogen-bond acceptors (Lipinski definition) is 2. The fourth-order valence-electron chi connectivity index (χ4n) is 3.10. The zero-order chi connectivity index (χ0) is 15.4. The summed E-state index contributed by atoms with van der Waals surface area (Å²) < 4.78 is 0. The summed E-state index contributed by atoms with van der Waals surface area (Å²) in [5.74, 6) is 0.782. The number of benzene rings is 1. The number of rotatable bonds is 6. The van der Waals surface area contributed by atoms with Crippen LogP contribution in [0.15, 0.2) is 42.5 Å². The SMILES string of the molecule is O=C(NC(Cc1ccccc1)C1CC1)N[C@@H]1C=C[C@H](CO)C1. The summed E-state index contributed by atoms with van der Waals surface area (Å²) in [5.41, 5.74) is 1.26. The fourth-order valence-corrected chi connectivity index (χ4v) is 3.10. The largest absolute Gasteiger partial charge is 0.396 e. The Balaban J connectivity index is 1.51. The van der Waals surface area contributed by atoms with Gasteiger partial charge in [-0.2, -0.15) is 0 Å². The second-order valence-corrected chi connectivity index (χ2v) is 6.42. The average molecular weight is 300 g/mol. The molecular weight excluding hydrogens is 276 g/mol. The number of nitrogens with one attached hydrogen (secondary N) is 2. The Morgan fingerprint density at radius 3 is 2.64 bits per heavy atom. The van der Waals surface area contributed by atoms with Gasteiger partial charge in [-0.15, -0.1) is 0 Å². The summed E-state index contributed by atoms with van der Waals surface area (Å²) >= 11 is 0. The summed E-state index contributed by atoms with van der Waals surface area (Å²) in [6.45, 7) is 0.148. The van der Waals surface area contributed by atoms with Crippen LogP contribution in [-0.4, -0.2) is 29.8 Å². The zero-order valence-corrected chi connectivity index (χ0v) is 12.7. The van der Waals surface area contributed by atoms with Crippen LogP contribution in [0.3, 0.4) is 0 Å². The number of urea groups is 1. The molecule has 0 spiro atoms. The van der Waals surface area contributed by atoms with Crippen molar-refractivity contribution >= 4 is 6.03 Å². The number of amides is 2. The van der Waals surface area contributed by atoms with Gasteiger partial charge in [0.15, 0.2) is 0 Å². The second-order valence-electron chi connectivity index (χ2n) is 6.42. The lowest BCUT2D eigenvalue weighted by Gasteiger charge is -2.21. The predicted octanol–water partition coefficient (Wildman–Crippen LogP) is 2.24. The summed E-state index contributed by atoms with van der Waals surface area (Å²) in [7, 11) is 0. The molecule has 0 heterocycles. The van der Waals surface area contributed by atoms with E-state index in [4.69, 9.17) is 5.11 Å². The molecule has 1 aromatic carbocycles. The summed E-state index contributed by atoms with van der Waals surface area (Å²) in [5, 5.41) is 15.3. The lowest BCUT2D eigenvalue weighted by Crippen LogP contribution is -2.47. The molecule has 3 rings (SSSR count). The van der Waals surface area contributed by atoms with Crippen molar-refractivity contribution in [3.63, 3.8) is 0 Å². The van der Waals surface area contributed by atoms with E-state index in [0.717, 1.165) is 12.8 Å². The molecule has 3 N–H and O–H groups in total. The molecule has 0 bridgehead atoms. The first kappa shape index (κ1) is 15.1. The highest BCUT2D eigenvalue weighted by Gasteiger charge is 2.32. The molecule has 0 aromatic heterocycles. The summed E-state index contributed by atoms with van der Waals surface area (Å²) in [6.07, 6.45) is 8.04. The van der Waals surface area contributed by atoms with Gasteiger partial charge in [-0.1, -0.05) is 42.5 Å². The Hall–Kier alpha value is -1.81. The van der Waals surface area contributed by atoms with Crippen LogP contribution in [0, 0.1) is 11.8 Å². The van der Waals surface area contributed by atoms with Crippen molar-refractivity contribution < 1.29 is 9.90 Å². The molecule has 2 aliphatic rings. The monoisotopic (exact) mass is 300 g/mol. The van der Waals surface area contributed by atoms with Gasteiger partial charge in [-0.25, -0.2) is 4.79 Å². The van der Waals surface area contributed by atoms with Crippen molar-refractivity contribution in [2.75, 3.05) is 6.61 Å². The van der Waals surface area contributed by atoms with Gasteiger partial charge in [0, 0.05) is 24.6 Å². The first-order valence-corrected chi connectivity index (χ1v) is 8.14. The third kappa shape index (κ3) is 4.10. The molecule has 0 aliphatic heterocycles. The molecule has 1 unspecified atom stereocenters. The van der Waals surface area contributed by atoms with Gasteiger partial charge in [0.2, 0.25) is 0 Å². The fraction of sp³-hybridized carbons (Fsp3) is 0.500. The molecule has 4 heteroatoms. The van der Waals surface area contributed by atoms with E-state index >= 15 is 0 Å².